The zero-order valence-electron chi connectivity index (χ0n) is 9.35. The van der Waals surface area contributed by atoms with E-state index in [0.29, 0.717) is 6.42 Å². The van der Waals surface area contributed by atoms with E-state index in [2.05, 4.69) is 0 Å². The SMILES string of the molecule is CC(CCCc1ccccc1)[NH+]([O-])C(=O)O. The summed E-state index contributed by atoms with van der Waals surface area (Å²) in [6.07, 6.45) is 1.02. The van der Waals surface area contributed by atoms with Crippen molar-refractivity contribution in [3.05, 3.63) is 41.1 Å². The predicted octanol–water partition coefficient (Wildman–Crippen LogP) is 1.46. The molecule has 1 aromatic rings. The van der Waals surface area contributed by atoms with Gasteiger partial charge in [-0.05, 0) is 25.3 Å². The molecule has 0 saturated heterocycles. The summed E-state index contributed by atoms with van der Waals surface area (Å²) in [6.45, 7) is 1.67. The Morgan fingerprint density at radius 1 is 1.44 bits per heavy atom. The molecule has 0 bridgehead atoms. The van der Waals surface area contributed by atoms with E-state index in [1.807, 2.05) is 30.3 Å². The maximum atomic E-state index is 11.1. The second-order valence-corrected chi connectivity index (χ2v) is 3.95. The van der Waals surface area contributed by atoms with Crippen molar-refractivity contribution < 1.29 is 15.0 Å². The van der Waals surface area contributed by atoms with Crippen LogP contribution in [0.25, 0.3) is 0 Å². The average molecular weight is 223 g/mol. The molecule has 0 heterocycles. The summed E-state index contributed by atoms with van der Waals surface area (Å²) in [5.74, 6) is 0. The summed E-state index contributed by atoms with van der Waals surface area (Å²) in [4.78, 5) is 10.4. The van der Waals surface area contributed by atoms with Crippen molar-refractivity contribution in [2.45, 2.75) is 32.2 Å². The Labute approximate surface area is 95.1 Å². The van der Waals surface area contributed by atoms with Crippen LogP contribution >= 0.6 is 0 Å². The zero-order valence-corrected chi connectivity index (χ0v) is 9.35. The van der Waals surface area contributed by atoms with Crippen LogP contribution in [0.3, 0.4) is 0 Å². The fourth-order valence-corrected chi connectivity index (χ4v) is 1.60. The Kier molecular flexibility index (Phi) is 4.95. The van der Waals surface area contributed by atoms with Crippen molar-refractivity contribution in [1.82, 2.24) is 0 Å². The molecule has 0 spiro atoms. The molecule has 2 atom stereocenters. The van der Waals surface area contributed by atoms with Crippen molar-refractivity contribution in [3.63, 3.8) is 0 Å². The monoisotopic (exact) mass is 223 g/mol. The van der Waals surface area contributed by atoms with Crippen LogP contribution in [0.2, 0.25) is 0 Å². The third kappa shape index (κ3) is 4.00. The van der Waals surface area contributed by atoms with Crippen molar-refractivity contribution in [2.24, 2.45) is 0 Å². The summed E-state index contributed by atoms with van der Waals surface area (Å²) in [7, 11) is 0. The fraction of sp³-hybridized carbons (Fsp3) is 0.417. The maximum absolute atomic E-state index is 11.1. The fourth-order valence-electron chi connectivity index (χ4n) is 1.60. The van der Waals surface area contributed by atoms with Crippen LogP contribution in [0.5, 0.6) is 0 Å². The van der Waals surface area contributed by atoms with Crippen molar-refractivity contribution in [3.8, 4) is 0 Å². The minimum atomic E-state index is -1.33. The van der Waals surface area contributed by atoms with E-state index in [0.717, 1.165) is 12.8 Å². The highest BCUT2D eigenvalue weighted by atomic mass is 16.6. The molecule has 88 valence electrons. The molecule has 0 fully saturated rings. The first-order valence-electron chi connectivity index (χ1n) is 5.42. The lowest BCUT2D eigenvalue weighted by Crippen LogP contribution is -3.13. The molecule has 16 heavy (non-hydrogen) atoms. The summed E-state index contributed by atoms with van der Waals surface area (Å²) in [5, 5.41) is 18.9. The van der Waals surface area contributed by atoms with E-state index >= 15 is 0 Å². The molecule has 0 saturated carbocycles. The Bertz CT molecular complexity index is 326. The number of aryl methyl sites for hydroxylation is 1. The second kappa shape index (κ2) is 6.25. The van der Waals surface area contributed by atoms with Crippen molar-refractivity contribution >= 4 is 6.09 Å². The standard InChI is InChI=1S/C12H17NO3/c1-10(13(16)12(14)15)6-5-9-11-7-3-2-4-8-11/h2-4,7-8,10,13H,5-6,9H2,1H3,(H,14,15). The van der Waals surface area contributed by atoms with E-state index in [9.17, 15) is 10.0 Å². The largest absolute Gasteiger partial charge is 0.624 e. The minimum absolute atomic E-state index is 0.388. The smallest absolute Gasteiger partial charge is 0.512 e. The number of benzene rings is 1. The first-order chi connectivity index (χ1) is 7.61. The van der Waals surface area contributed by atoms with Gasteiger partial charge in [-0.25, -0.2) is 0 Å². The van der Waals surface area contributed by atoms with Gasteiger partial charge >= 0.3 is 6.09 Å². The van der Waals surface area contributed by atoms with Gasteiger partial charge in [-0.1, -0.05) is 30.3 Å². The number of rotatable bonds is 5. The third-order valence-electron chi connectivity index (χ3n) is 2.60. The zero-order chi connectivity index (χ0) is 12.0. The number of carboxylic acid groups (broad SMARTS) is 1. The van der Waals surface area contributed by atoms with Crippen LogP contribution in [0.1, 0.15) is 25.3 Å². The van der Waals surface area contributed by atoms with Gasteiger partial charge in [0.2, 0.25) is 0 Å². The molecule has 0 radical (unpaired) electrons. The van der Waals surface area contributed by atoms with Crippen LogP contribution in [-0.4, -0.2) is 17.2 Å². The van der Waals surface area contributed by atoms with Gasteiger partial charge in [-0.15, -0.1) is 0 Å². The summed E-state index contributed by atoms with van der Waals surface area (Å²) in [6, 6.07) is 9.58. The highest BCUT2D eigenvalue weighted by Crippen LogP contribution is 2.05. The molecule has 1 aromatic carbocycles. The molecule has 0 aliphatic heterocycles. The van der Waals surface area contributed by atoms with Crippen LogP contribution in [0.4, 0.5) is 4.79 Å². The van der Waals surface area contributed by atoms with Gasteiger partial charge in [0.15, 0.2) is 0 Å². The van der Waals surface area contributed by atoms with Gasteiger partial charge in [0.25, 0.3) is 0 Å². The Morgan fingerprint density at radius 3 is 2.62 bits per heavy atom. The minimum Gasteiger partial charge on any atom is -0.624 e. The first kappa shape index (κ1) is 12.7. The lowest BCUT2D eigenvalue weighted by Gasteiger charge is -2.22. The van der Waals surface area contributed by atoms with E-state index in [1.54, 1.807) is 6.92 Å². The number of quaternary nitrogens is 1. The molecule has 2 unspecified atom stereocenters. The average Bonchev–Trinajstić information content (AvgIpc) is 2.29. The molecule has 0 aliphatic carbocycles. The number of nitrogens with one attached hydrogen (secondary N) is 1. The Balaban J connectivity index is 2.28. The highest BCUT2D eigenvalue weighted by molar-refractivity contribution is 5.54. The molecular formula is C12H17NO3. The Hall–Kier alpha value is -1.39. The number of hydrogen-bond donors (Lipinski definition) is 2. The van der Waals surface area contributed by atoms with E-state index in [4.69, 9.17) is 5.11 Å². The normalized spacial score (nSPS) is 14.4. The summed E-state index contributed by atoms with van der Waals surface area (Å²) in [5.41, 5.74) is 1.22. The quantitative estimate of drug-likeness (QED) is 0.743. The summed E-state index contributed by atoms with van der Waals surface area (Å²) >= 11 is 0. The summed E-state index contributed by atoms with van der Waals surface area (Å²) < 4.78 is 0. The van der Waals surface area contributed by atoms with Crippen molar-refractivity contribution in [1.29, 1.82) is 0 Å². The number of amides is 1. The van der Waals surface area contributed by atoms with Crippen LogP contribution < -0.4 is 5.06 Å². The predicted molar refractivity (Wildman–Crippen MR) is 61.2 cm³/mol. The molecular weight excluding hydrogens is 206 g/mol. The van der Waals surface area contributed by atoms with Gasteiger partial charge in [0.1, 0.15) is 0 Å². The van der Waals surface area contributed by atoms with Gasteiger partial charge in [0.05, 0.1) is 6.04 Å². The first-order valence-corrected chi connectivity index (χ1v) is 5.42. The second-order valence-electron chi connectivity index (χ2n) is 3.95. The van der Waals surface area contributed by atoms with E-state index in [-0.39, 0.29) is 6.04 Å². The number of hydroxylamine groups is 2. The van der Waals surface area contributed by atoms with E-state index < -0.39 is 11.2 Å². The van der Waals surface area contributed by atoms with Crippen LogP contribution in [-0.2, 0) is 6.42 Å². The Morgan fingerprint density at radius 2 is 2.06 bits per heavy atom. The lowest BCUT2D eigenvalue weighted by molar-refractivity contribution is -0.796. The molecule has 4 nitrogen and oxygen atoms in total. The topological polar surface area (TPSA) is 64.8 Å². The van der Waals surface area contributed by atoms with Gasteiger partial charge < -0.3 is 10.3 Å². The molecule has 0 aliphatic rings. The molecule has 1 amide bonds. The van der Waals surface area contributed by atoms with Gasteiger partial charge in [-0.3, -0.25) is 5.06 Å². The van der Waals surface area contributed by atoms with Gasteiger partial charge in [0, 0.05) is 6.42 Å². The molecule has 0 aromatic heterocycles. The molecule has 4 heteroatoms. The third-order valence-corrected chi connectivity index (χ3v) is 2.60. The highest BCUT2D eigenvalue weighted by Gasteiger charge is 2.15. The lowest BCUT2D eigenvalue weighted by atomic mass is 10.1. The number of hydrogen-bond acceptors (Lipinski definition) is 2. The molecule has 1 rings (SSSR count). The van der Waals surface area contributed by atoms with Crippen molar-refractivity contribution in [2.75, 3.05) is 0 Å². The van der Waals surface area contributed by atoms with Gasteiger partial charge in [-0.2, -0.15) is 4.79 Å². The molecule has 2 N–H and O–H groups in total. The van der Waals surface area contributed by atoms with E-state index in [1.165, 1.54) is 5.56 Å². The maximum Gasteiger partial charge on any atom is 0.512 e. The van der Waals surface area contributed by atoms with Crippen LogP contribution in [0, 0.1) is 5.21 Å². The number of carbonyl (C=O) groups is 1. The van der Waals surface area contributed by atoms with Crippen LogP contribution in [0.15, 0.2) is 30.3 Å².